The Morgan fingerprint density at radius 2 is 2.24 bits per heavy atom. The van der Waals surface area contributed by atoms with E-state index in [9.17, 15) is 13.2 Å². The fraction of sp³-hybridized carbons (Fsp3) is 0.462. The molecule has 0 N–H and O–H groups in total. The fourth-order valence-corrected chi connectivity index (χ4v) is 3.04. The second-order valence-electron chi connectivity index (χ2n) is 4.54. The lowest BCUT2D eigenvalue weighted by atomic mass is 10.2. The number of hydrogen-bond acceptors (Lipinski definition) is 6. The zero-order chi connectivity index (χ0) is 15.5. The monoisotopic (exact) mass is 334 g/mol. The summed E-state index contributed by atoms with van der Waals surface area (Å²) < 4.78 is 38.3. The second-order valence-corrected chi connectivity index (χ2v) is 7.07. The standard InChI is InChI=1S/C13H15ClO6S/c1-18-11-5-4-9(7-12(11)21(14,16)17)13(15)20-8-10-3-2-6-19-10/h4-5,7,10H,2-3,6,8H2,1H3. The fourth-order valence-electron chi connectivity index (χ4n) is 2.02. The second kappa shape index (κ2) is 6.64. The Bertz CT molecular complexity index is 622. The highest BCUT2D eigenvalue weighted by atomic mass is 35.7. The molecule has 1 aromatic carbocycles. The van der Waals surface area contributed by atoms with Crippen molar-refractivity contribution in [1.82, 2.24) is 0 Å². The van der Waals surface area contributed by atoms with Gasteiger partial charge in [0.05, 0.1) is 18.8 Å². The quantitative estimate of drug-likeness (QED) is 0.605. The predicted molar refractivity (Wildman–Crippen MR) is 75.3 cm³/mol. The Balaban J connectivity index is 2.13. The van der Waals surface area contributed by atoms with Crippen LogP contribution in [0.2, 0.25) is 0 Å². The third kappa shape index (κ3) is 4.09. The maximum atomic E-state index is 11.9. The topological polar surface area (TPSA) is 78.9 Å². The molecule has 1 atom stereocenters. The molecule has 8 heteroatoms. The molecular weight excluding hydrogens is 320 g/mol. The van der Waals surface area contributed by atoms with E-state index in [1.54, 1.807) is 0 Å². The summed E-state index contributed by atoms with van der Waals surface area (Å²) in [5.74, 6) is -0.560. The molecule has 0 aliphatic carbocycles. The number of hydrogen-bond donors (Lipinski definition) is 0. The summed E-state index contributed by atoms with van der Waals surface area (Å²) in [6.45, 7) is 0.813. The average molecular weight is 335 g/mol. The predicted octanol–water partition coefficient (Wildman–Crippen LogP) is 1.96. The van der Waals surface area contributed by atoms with Crippen LogP contribution < -0.4 is 4.74 Å². The van der Waals surface area contributed by atoms with Crippen LogP contribution in [0, 0.1) is 0 Å². The first-order valence-electron chi connectivity index (χ1n) is 6.33. The molecule has 1 aromatic rings. The van der Waals surface area contributed by atoms with Crippen LogP contribution in [0.25, 0.3) is 0 Å². The summed E-state index contributed by atoms with van der Waals surface area (Å²) in [6, 6.07) is 3.92. The molecule has 2 rings (SSSR count). The van der Waals surface area contributed by atoms with E-state index in [-0.39, 0.29) is 28.9 Å². The van der Waals surface area contributed by atoms with Crippen LogP contribution >= 0.6 is 10.7 Å². The van der Waals surface area contributed by atoms with Crippen LogP contribution in [0.4, 0.5) is 0 Å². The third-order valence-corrected chi connectivity index (χ3v) is 4.43. The summed E-state index contributed by atoms with van der Waals surface area (Å²) in [7, 11) is 2.62. The van der Waals surface area contributed by atoms with Crippen LogP contribution in [0.1, 0.15) is 23.2 Å². The number of carbonyl (C=O) groups excluding carboxylic acids is 1. The van der Waals surface area contributed by atoms with E-state index in [1.807, 2.05) is 0 Å². The molecule has 6 nitrogen and oxygen atoms in total. The van der Waals surface area contributed by atoms with Crippen molar-refractivity contribution in [2.45, 2.75) is 23.8 Å². The van der Waals surface area contributed by atoms with Crippen LogP contribution in [0.3, 0.4) is 0 Å². The van der Waals surface area contributed by atoms with Gasteiger partial charge in [-0.25, -0.2) is 13.2 Å². The first-order chi connectivity index (χ1) is 9.91. The van der Waals surface area contributed by atoms with Crippen LogP contribution in [-0.2, 0) is 18.5 Å². The number of methoxy groups -OCH3 is 1. The first kappa shape index (κ1) is 16.1. The van der Waals surface area contributed by atoms with Crippen molar-refractivity contribution >= 4 is 25.7 Å². The summed E-state index contributed by atoms with van der Waals surface area (Å²) >= 11 is 0. The van der Waals surface area contributed by atoms with Crippen molar-refractivity contribution in [3.63, 3.8) is 0 Å². The van der Waals surface area contributed by atoms with Crippen molar-refractivity contribution in [2.24, 2.45) is 0 Å². The van der Waals surface area contributed by atoms with E-state index in [0.717, 1.165) is 18.9 Å². The summed E-state index contributed by atoms with van der Waals surface area (Å²) in [5.41, 5.74) is 0.0908. The molecule has 1 fully saturated rings. The van der Waals surface area contributed by atoms with Gasteiger partial charge in [0.1, 0.15) is 17.3 Å². The van der Waals surface area contributed by atoms with Gasteiger partial charge in [0.25, 0.3) is 9.05 Å². The molecule has 1 aliphatic heterocycles. The Morgan fingerprint density at radius 1 is 1.48 bits per heavy atom. The molecule has 116 valence electrons. The normalized spacial score (nSPS) is 18.5. The molecule has 1 unspecified atom stereocenters. The van der Waals surface area contributed by atoms with Gasteiger partial charge in [-0.1, -0.05) is 0 Å². The third-order valence-electron chi connectivity index (χ3n) is 3.09. The molecule has 21 heavy (non-hydrogen) atoms. The van der Waals surface area contributed by atoms with E-state index >= 15 is 0 Å². The van der Waals surface area contributed by atoms with E-state index in [2.05, 4.69) is 0 Å². The van der Waals surface area contributed by atoms with Crippen LogP contribution in [0.5, 0.6) is 5.75 Å². The van der Waals surface area contributed by atoms with Crippen LogP contribution in [0.15, 0.2) is 23.1 Å². The SMILES string of the molecule is COc1ccc(C(=O)OCC2CCCO2)cc1S(=O)(=O)Cl. The lowest BCUT2D eigenvalue weighted by Crippen LogP contribution is -2.18. The molecule has 0 spiro atoms. The van der Waals surface area contributed by atoms with E-state index in [4.69, 9.17) is 24.9 Å². The number of carbonyl (C=O) groups is 1. The molecule has 0 radical (unpaired) electrons. The minimum Gasteiger partial charge on any atom is -0.495 e. The van der Waals surface area contributed by atoms with E-state index < -0.39 is 15.0 Å². The van der Waals surface area contributed by atoms with Crippen molar-refractivity contribution in [3.8, 4) is 5.75 Å². The Morgan fingerprint density at radius 3 is 2.81 bits per heavy atom. The number of ether oxygens (including phenoxy) is 3. The number of rotatable bonds is 5. The number of benzene rings is 1. The zero-order valence-electron chi connectivity index (χ0n) is 11.4. The van der Waals surface area contributed by atoms with Gasteiger partial charge >= 0.3 is 5.97 Å². The number of esters is 1. The maximum Gasteiger partial charge on any atom is 0.338 e. The van der Waals surface area contributed by atoms with Crippen molar-refractivity contribution in [3.05, 3.63) is 23.8 Å². The summed E-state index contributed by atoms with van der Waals surface area (Å²) in [5, 5.41) is 0. The molecular formula is C13H15ClO6S. The van der Waals surface area contributed by atoms with Crippen molar-refractivity contribution in [2.75, 3.05) is 20.3 Å². The molecule has 1 aliphatic rings. The highest BCUT2D eigenvalue weighted by Gasteiger charge is 2.22. The van der Waals surface area contributed by atoms with E-state index in [1.165, 1.54) is 19.2 Å². The van der Waals surface area contributed by atoms with Gasteiger partial charge in [-0.05, 0) is 31.0 Å². The van der Waals surface area contributed by atoms with E-state index in [0.29, 0.717) is 6.61 Å². The zero-order valence-corrected chi connectivity index (χ0v) is 12.9. The lowest BCUT2D eigenvalue weighted by molar-refractivity contribution is 0.0161. The smallest absolute Gasteiger partial charge is 0.338 e. The molecule has 0 bridgehead atoms. The molecule has 0 aromatic heterocycles. The summed E-state index contributed by atoms with van der Waals surface area (Å²) in [6.07, 6.45) is 1.69. The Hall–Kier alpha value is -1.31. The highest BCUT2D eigenvalue weighted by molar-refractivity contribution is 8.13. The van der Waals surface area contributed by atoms with Gasteiger partial charge in [-0.3, -0.25) is 0 Å². The first-order valence-corrected chi connectivity index (χ1v) is 8.64. The van der Waals surface area contributed by atoms with Gasteiger partial charge in [0, 0.05) is 17.3 Å². The average Bonchev–Trinajstić information content (AvgIpc) is 2.96. The molecule has 0 saturated carbocycles. The Kier molecular flexibility index (Phi) is 5.08. The van der Waals surface area contributed by atoms with Crippen LogP contribution in [-0.4, -0.2) is 40.8 Å². The lowest BCUT2D eigenvalue weighted by Gasteiger charge is -2.11. The Labute approximate surface area is 127 Å². The van der Waals surface area contributed by atoms with Crippen molar-refractivity contribution in [1.29, 1.82) is 0 Å². The summed E-state index contributed by atoms with van der Waals surface area (Å²) in [4.78, 5) is 11.7. The van der Waals surface area contributed by atoms with Gasteiger partial charge < -0.3 is 14.2 Å². The van der Waals surface area contributed by atoms with Gasteiger partial charge in [0.2, 0.25) is 0 Å². The maximum absolute atomic E-state index is 11.9. The molecule has 1 saturated heterocycles. The minimum absolute atomic E-state index is 0.0701. The van der Waals surface area contributed by atoms with Gasteiger partial charge in [-0.15, -0.1) is 0 Å². The van der Waals surface area contributed by atoms with Gasteiger partial charge in [0.15, 0.2) is 0 Å². The van der Waals surface area contributed by atoms with Crippen molar-refractivity contribution < 1.29 is 27.4 Å². The molecule has 0 amide bonds. The highest BCUT2D eigenvalue weighted by Crippen LogP contribution is 2.28. The largest absolute Gasteiger partial charge is 0.495 e. The van der Waals surface area contributed by atoms with Gasteiger partial charge in [-0.2, -0.15) is 0 Å². The number of halogens is 1. The minimum atomic E-state index is -4.02. The molecule has 1 heterocycles.